The molecule has 23 heavy (non-hydrogen) atoms. The summed E-state index contributed by atoms with van der Waals surface area (Å²) in [5.41, 5.74) is 3.05. The SMILES string of the molecule is O=C(c1cccs1)c1cnn2c(-c3cccc([As])c3)ccnc12. The molecule has 0 spiro atoms. The van der Waals surface area contributed by atoms with Crippen LogP contribution in [0.25, 0.3) is 16.9 Å². The summed E-state index contributed by atoms with van der Waals surface area (Å²) < 4.78 is 2.84. The number of thiophene rings is 1. The van der Waals surface area contributed by atoms with E-state index in [9.17, 15) is 4.79 Å². The van der Waals surface area contributed by atoms with Crippen molar-refractivity contribution in [2.24, 2.45) is 0 Å². The Labute approximate surface area is 145 Å². The van der Waals surface area contributed by atoms with Crippen LogP contribution in [0, 0.1) is 0 Å². The Hall–Kier alpha value is -2.23. The molecule has 6 heteroatoms. The molecule has 1 aromatic carbocycles. The van der Waals surface area contributed by atoms with Gasteiger partial charge in [0.15, 0.2) is 0 Å². The van der Waals surface area contributed by atoms with E-state index in [1.807, 2.05) is 41.8 Å². The Morgan fingerprint density at radius 3 is 2.87 bits per heavy atom. The minimum atomic E-state index is -0.0411. The molecule has 0 aliphatic carbocycles. The van der Waals surface area contributed by atoms with Gasteiger partial charge in [0, 0.05) is 0 Å². The molecule has 0 fully saturated rings. The molecule has 0 saturated carbocycles. The predicted octanol–water partition coefficient (Wildman–Crippen LogP) is 2.48. The fourth-order valence-electron chi connectivity index (χ4n) is 2.48. The second-order valence-corrected chi connectivity index (χ2v) is 7.01. The number of ketones is 1. The van der Waals surface area contributed by atoms with Crippen LogP contribution in [0.4, 0.5) is 0 Å². The van der Waals surface area contributed by atoms with Gasteiger partial charge < -0.3 is 0 Å². The summed E-state index contributed by atoms with van der Waals surface area (Å²) in [6.07, 6.45) is 3.31. The number of rotatable bonds is 3. The van der Waals surface area contributed by atoms with Crippen molar-refractivity contribution in [2.75, 3.05) is 0 Å². The van der Waals surface area contributed by atoms with Crippen LogP contribution in [0.3, 0.4) is 0 Å². The van der Waals surface area contributed by atoms with Gasteiger partial charge in [-0.1, -0.05) is 0 Å². The third-order valence-electron chi connectivity index (χ3n) is 3.53. The van der Waals surface area contributed by atoms with Crippen molar-refractivity contribution in [3.05, 3.63) is 70.7 Å². The molecule has 0 saturated heterocycles. The Morgan fingerprint density at radius 2 is 2.09 bits per heavy atom. The maximum absolute atomic E-state index is 12.6. The summed E-state index contributed by atoms with van der Waals surface area (Å²) >= 11 is 3.95. The van der Waals surface area contributed by atoms with E-state index in [0.717, 1.165) is 15.6 Å². The van der Waals surface area contributed by atoms with E-state index in [4.69, 9.17) is 0 Å². The van der Waals surface area contributed by atoms with Crippen LogP contribution in [0.2, 0.25) is 0 Å². The summed E-state index contributed by atoms with van der Waals surface area (Å²) in [4.78, 5) is 17.7. The van der Waals surface area contributed by atoms with Crippen molar-refractivity contribution in [2.45, 2.75) is 0 Å². The second-order valence-electron chi connectivity index (χ2n) is 4.98. The normalized spacial score (nSPS) is 11.0. The number of aromatic nitrogens is 3. The van der Waals surface area contributed by atoms with Gasteiger partial charge in [-0.05, 0) is 0 Å². The average Bonchev–Trinajstić information content (AvgIpc) is 3.23. The Morgan fingerprint density at radius 1 is 1.17 bits per heavy atom. The van der Waals surface area contributed by atoms with Crippen LogP contribution < -0.4 is 4.35 Å². The third kappa shape index (κ3) is 2.52. The van der Waals surface area contributed by atoms with E-state index >= 15 is 0 Å². The van der Waals surface area contributed by atoms with E-state index in [1.165, 1.54) is 11.3 Å². The summed E-state index contributed by atoms with van der Waals surface area (Å²) in [6, 6.07) is 13.7. The van der Waals surface area contributed by atoms with Gasteiger partial charge in [0.1, 0.15) is 0 Å². The topological polar surface area (TPSA) is 47.3 Å². The van der Waals surface area contributed by atoms with Gasteiger partial charge in [-0.2, -0.15) is 0 Å². The molecule has 4 aromatic rings. The average molecular weight is 379 g/mol. The van der Waals surface area contributed by atoms with Crippen LogP contribution in [-0.2, 0) is 0 Å². The fourth-order valence-corrected chi connectivity index (χ4v) is 3.63. The number of carbonyl (C=O) groups is 1. The first-order valence-corrected chi connectivity index (χ1v) is 8.76. The molecule has 0 atom stereocenters. The Bertz CT molecular complexity index is 1010. The van der Waals surface area contributed by atoms with Gasteiger partial charge in [-0.15, -0.1) is 0 Å². The quantitative estimate of drug-likeness (QED) is 0.406. The van der Waals surface area contributed by atoms with Crippen molar-refractivity contribution >= 4 is 44.0 Å². The van der Waals surface area contributed by atoms with Gasteiger partial charge in [-0.3, -0.25) is 0 Å². The first kappa shape index (κ1) is 14.4. The fraction of sp³-hybridized carbons (Fsp3) is 0. The van der Waals surface area contributed by atoms with Gasteiger partial charge >= 0.3 is 145 Å². The van der Waals surface area contributed by atoms with Gasteiger partial charge in [0.05, 0.1) is 0 Å². The van der Waals surface area contributed by atoms with Crippen LogP contribution in [0.15, 0.2) is 60.2 Å². The number of benzene rings is 1. The van der Waals surface area contributed by atoms with Crippen LogP contribution in [-0.4, -0.2) is 37.2 Å². The Kier molecular flexibility index (Phi) is 3.60. The zero-order valence-electron chi connectivity index (χ0n) is 11.9. The number of nitrogens with zero attached hydrogens (tertiary/aromatic N) is 3. The van der Waals surface area contributed by atoms with E-state index in [2.05, 4.69) is 33.0 Å². The van der Waals surface area contributed by atoms with E-state index < -0.39 is 0 Å². The van der Waals surface area contributed by atoms with Gasteiger partial charge in [-0.25, -0.2) is 0 Å². The molecule has 3 heterocycles. The zero-order chi connectivity index (χ0) is 15.8. The van der Waals surface area contributed by atoms with E-state index in [1.54, 1.807) is 16.9 Å². The zero-order valence-corrected chi connectivity index (χ0v) is 14.6. The van der Waals surface area contributed by atoms with Crippen molar-refractivity contribution in [1.29, 1.82) is 0 Å². The van der Waals surface area contributed by atoms with Crippen molar-refractivity contribution in [3.63, 3.8) is 0 Å². The molecular weight excluding hydrogens is 369 g/mol. The van der Waals surface area contributed by atoms with E-state index in [-0.39, 0.29) is 5.78 Å². The summed E-state index contributed by atoms with van der Waals surface area (Å²) in [7, 11) is 0. The Balaban J connectivity index is 1.89. The monoisotopic (exact) mass is 379 g/mol. The predicted molar refractivity (Wildman–Crippen MR) is 91.6 cm³/mol. The van der Waals surface area contributed by atoms with Crippen LogP contribution in [0.1, 0.15) is 15.2 Å². The molecular formula is C17H10AsN3OS. The van der Waals surface area contributed by atoms with Crippen LogP contribution in [0.5, 0.6) is 0 Å². The minimum absolute atomic E-state index is 0.0411. The van der Waals surface area contributed by atoms with E-state index in [0.29, 0.717) is 16.1 Å². The van der Waals surface area contributed by atoms with Crippen molar-refractivity contribution in [3.8, 4) is 11.3 Å². The summed E-state index contributed by atoms with van der Waals surface area (Å²) in [5.74, 6) is -0.0411. The molecule has 4 nitrogen and oxygen atoms in total. The molecule has 0 amide bonds. The molecule has 3 aromatic heterocycles. The third-order valence-corrected chi connectivity index (χ3v) is 4.99. The molecule has 0 unspecified atom stereocenters. The van der Waals surface area contributed by atoms with Crippen molar-refractivity contribution < 1.29 is 4.79 Å². The molecule has 4 rings (SSSR count). The first-order chi connectivity index (χ1) is 11.2. The van der Waals surface area contributed by atoms with Crippen molar-refractivity contribution in [1.82, 2.24) is 14.6 Å². The molecule has 2 radical (unpaired) electrons. The summed E-state index contributed by atoms with van der Waals surface area (Å²) in [6.45, 7) is 0. The first-order valence-electron chi connectivity index (χ1n) is 6.94. The number of carbonyl (C=O) groups excluding carboxylic acids is 1. The molecule has 0 aliphatic heterocycles. The molecule has 110 valence electrons. The molecule has 0 bridgehead atoms. The molecule has 0 N–H and O–H groups in total. The van der Waals surface area contributed by atoms with Gasteiger partial charge in [0.2, 0.25) is 0 Å². The second kappa shape index (κ2) is 5.76. The summed E-state index contributed by atoms with van der Waals surface area (Å²) in [5, 5.41) is 6.28. The molecule has 0 aliphatic rings. The number of hydrogen-bond donors (Lipinski definition) is 0. The number of fused-ring (bicyclic) bond motifs is 1. The standard InChI is InChI=1S/C17H10AsN3OS/c18-12-4-1-3-11(9-12)14-6-7-19-17-13(10-20-21(14)17)16(22)15-5-2-8-23-15/h1-10H. The maximum atomic E-state index is 12.6. The van der Waals surface area contributed by atoms with Crippen LogP contribution >= 0.6 is 11.3 Å². The van der Waals surface area contributed by atoms with Gasteiger partial charge in [0.25, 0.3) is 0 Å². The number of hydrogen-bond acceptors (Lipinski definition) is 4.